The fourth-order valence-electron chi connectivity index (χ4n) is 2.31. The first-order valence-corrected chi connectivity index (χ1v) is 8.23. The van der Waals surface area contributed by atoms with E-state index in [1.165, 1.54) is 25.3 Å². The number of hydrogen-bond acceptors (Lipinski definition) is 6. The van der Waals surface area contributed by atoms with Gasteiger partial charge in [0.2, 0.25) is 0 Å². The van der Waals surface area contributed by atoms with Crippen LogP contribution in [-0.2, 0) is 32.3 Å². The Labute approximate surface area is 141 Å². The molecule has 6 nitrogen and oxygen atoms in total. The second-order valence-corrected chi connectivity index (χ2v) is 6.54. The van der Waals surface area contributed by atoms with E-state index in [9.17, 15) is 13.2 Å². The number of ether oxygens (including phenoxy) is 2. The molecule has 0 aliphatic carbocycles. The smallest absolute Gasteiger partial charge is 0.338 e. The molecule has 0 N–H and O–H groups in total. The van der Waals surface area contributed by atoms with Crippen LogP contribution in [0, 0.1) is 0 Å². The Morgan fingerprint density at radius 2 is 1.88 bits per heavy atom. The molecule has 2 aromatic carbocycles. The first kappa shape index (κ1) is 18.0. The van der Waals surface area contributed by atoms with E-state index < -0.39 is 16.1 Å². The van der Waals surface area contributed by atoms with Crippen LogP contribution in [0.1, 0.15) is 28.9 Å². The quantitative estimate of drug-likeness (QED) is 0.581. The van der Waals surface area contributed by atoms with Gasteiger partial charge in [-0.2, -0.15) is 8.42 Å². The van der Waals surface area contributed by atoms with Gasteiger partial charge in [-0.1, -0.05) is 25.6 Å². The summed E-state index contributed by atoms with van der Waals surface area (Å²) >= 11 is 0. The van der Waals surface area contributed by atoms with Gasteiger partial charge in [0, 0.05) is 5.56 Å². The van der Waals surface area contributed by atoms with Crippen LogP contribution in [0.4, 0.5) is 0 Å². The van der Waals surface area contributed by atoms with Crippen LogP contribution in [0.25, 0.3) is 0 Å². The molecule has 0 aromatic heterocycles. The highest BCUT2D eigenvalue weighted by Gasteiger charge is 2.23. The van der Waals surface area contributed by atoms with Crippen molar-refractivity contribution in [2.75, 3.05) is 7.11 Å². The maximum Gasteiger partial charge on any atom is 0.338 e. The Kier molecular flexibility index (Phi) is 5.26. The summed E-state index contributed by atoms with van der Waals surface area (Å²) in [5.74, 6) is -0.197. The molecule has 0 radical (unpaired) electrons. The number of rotatable bonds is 1. The molecular weight excluding hydrogens is 332 g/mol. The number of benzene rings is 2. The van der Waals surface area contributed by atoms with Crippen LogP contribution in [0.15, 0.2) is 47.4 Å². The predicted octanol–water partition coefficient (Wildman–Crippen LogP) is 2.91. The summed E-state index contributed by atoms with van der Waals surface area (Å²) in [6.45, 7) is -0.131. The highest BCUT2D eigenvalue weighted by molar-refractivity contribution is 7.86. The Balaban J connectivity index is 0.00000208. The average Bonchev–Trinajstić information content (AvgIpc) is 2.57. The van der Waals surface area contributed by atoms with Crippen LogP contribution in [0.2, 0.25) is 0 Å². The average molecular weight is 350 g/mol. The third-order valence-electron chi connectivity index (χ3n) is 3.48. The molecule has 0 amide bonds. The van der Waals surface area contributed by atoms with Gasteiger partial charge < -0.3 is 9.47 Å². The first-order chi connectivity index (χ1) is 11.0. The van der Waals surface area contributed by atoms with Gasteiger partial charge >= 0.3 is 5.97 Å². The SMILES string of the molecule is C.COC(=O)c1cccc2c1COS(=O)(=O)c1cccc(c1)CO2. The van der Waals surface area contributed by atoms with Crippen LogP contribution in [-0.4, -0.2) is 21.5 Å². The van der Waals surface area contributed by atoms with E-state index in [2.05, 4.69) is 0 Å². The highest BCUT2D eigenvalue weighted by Crippen LogP contribution is 2.28. The van der Waals surface area contributed by atoms with Gasteiger partial charge in [0.15, 0.2) is 0 Å². The summed E-state index contributed by atoms with van der Waals surface area (Å²) < 4.78 is 40.1. The summed E-state index contributed by atoms with van der Waals surface area (Å²) in [5.41, 5.74) is 1.24. The molecule has 24 heavy (non-hydrogen) atoms. The highest BCUT2D eigenvalue weighted by atomic mass is 32.2. The van der Waals surface area contributed by atoms with Gasteiger partial charge in [-0.25, -0.2) is 4.79 Å². The van der Waals surface area contributed by atoms with Gasteiger partial charge in [0.05, 0.1) is 24.2 Å². The van der Waals surface area contributed by atoms with E-state index in [4.69, 9.17) is 13.7 Å². The maximum absolute atomic E-state index is 12.3. The second kappa shape index (κ2) is 7.02. The molecule has 7 heteroatoms. The van der Waals surface area contributed by atoms with Crippen molar-refractivity contribution in [3.05, 3.63) is 59.2 Å². The molecule has 0 fully saturated rings. The number of methoxy groups -OCH3 is 1. The van der Waals surface area contributed by atoms with Crippen molar-refractivity contribution >= 4 is 16.1 Å². The standard InChI is InChI=1S/C16H14O6S.CH4/c1-20-16(17)13-6-3-7-15-14(13)10-22-23(18,19)12-5-2-4-11(8-12)9-21-15;/h2-8H,9-10H2,1H3;1H4. The summed E-state index contributed by atoms with van der Waals surface area (Å²) in [6, 6.07) is 11.2. The number of hydrogen-bond donors (Lipinski definition) is 0. The molecule has 128 valence electrons. The summed E-state index contributed by atoms with van der Waals surface area (Å²) in [4.78, 5) is 11.9. The fourth-order valence-corrected chi connectivity index (χ4v) is 3.26. The van der Waals surface area contributed by atoms with Gasteiger partial charge in [0.25, 0.3) is 10.1 Å². The zero-order valence-electron chi connectivity index (χ0n) is 12.3. The van der Waals surface area contributed by atoms with E-state index in [0.717, 1.165) is 0 Å². The van der Waals surface area contributed by atoms with Crippen LogP contribution in [0.5, 0.6) is 5.75 Å². The molecule has 2 aromatic rings. The molecule has 0 atom stereocenters. The Bertz CT molecular complexity index is 857. The number of carbonyl (C=O) groups is 1. The molecule has 3 rings (SSSR count). The van der Waals surface area contributed by atoms with Crippen molar-refractivity contribution in [2.45, 2.75) is 25.5 Å². The predicted molar refractivity (Wildman–Crippen MR) is 87.3 cm³/mol. The fraction of sp³-hybridized carbons (Fsp3) is 0.235. The lowest BCUT2D eigenvalue weighted by atomic mass is 10.1. The van der Waals surface area contributed by atoms with Crippen molar-refractivity contribution in [3.63, 3.8) is 0 Å². The van der Waals surface area contributed by atoms with Gasteiger partial charge in [-0.15, -0.1) is 0 Å². The monoisotopic (exact) mass is 350 g/mol. The molecule has 1 heterocycles. The zero-order chi connectivity index (χ0) is 16.4. The number of fused-ring (bicyclic) bond motifs is 3. The van der Waals surface area contributed by atoms with E-state index in [1.807, 2.05) is 0 Å². The summed E-state index contributed by atoms with van der Waals surface area (Å²) in [7, 11) is -2.67. The molecule has 1 aliphatic heterocycles. The summed E-state index contributed by atoms with van der Waals surface area (Å²) in [6.07, 6.45) is 0. The van der Waals surface area contributed by atoms with E-state index in [-0.39, 0.29) is 31.1 Å². The Hall–Kier alpha value is -2.38. The Morgan fingerprint density at radius 1 is 1.12 bits per heavy atom. The van der Waals surface area contributed by atoms with Gasteiger partial charge in [0.1, 0.15) is 12.4 Å². The van der Waals surface area contributed by atoms with Crippen LogP contribution >= 0.6 is 0 Å². The minimum absolute atomic E-state index is 0. The van der Waals surface area contributed by atoms with Crippen molar-refractivity contribution < 1.29 is 26.9 Å². The minimum Gasteiger partial charge on any atom is -0.489 e. The molecule has 0 saturated carbocycles. The van der Waals surface area contributed by atoms with Crippen molar-refractivity contribution in [2.24, 2.45) is 0 Å². The molecule has 0 spiro atoms. The largest absolute Gasteiger partial charge is 0.489 e. The lowest BCUT2D eigenvalue weighted by molar-refractivity contribution is 0.0596. The normalized spacial score (nSPS) is 15.2. The third-order valence-corrected chi connectivity index (χ3v) is 4.74. The minimum atomic E-state index is -3.92. The molecule has 2 bridgehead atoms. The molecule has 1 aliphatic rings. The van der Waals surface area contributed by atoms with E-state index in [0.29, 0.717) is 16.9 Å². The first-order valence-electron chi connectivity index (χ1n) is 6.82. The number of carbonyl (C=O) groups excluding carboxylic acids is 1. The maximum atomic E-state index is 12.3. The molecule has 0 unspecified atom stereocenters. The van der Waals surface area contributed by atoms with Crippen molar-refractivity contribution in [1.82, 2.24) is 0 Å². The van der Waals surface area contributed by atoms with Gasteiger partial charge in [-0.05, 0) is 29.8 Å². The van der Waals surface area contributed by atoms with Crippen molar-refractivity contribution in [3.8, 4) is 5.75 Å². The molecule has 0 saturated heterocycles. The molecular formula is C17H18O6S. The van der Waals surface area contributed by atoms with Crippen LogP contribution < -0.4 is 4.74 Å². The third kappa shape index (κ3) is 3.42. The van der Waals surface area contributed by atoms with E-state index >= 15 is 0 Å². The second-order valence-electron chi connectivity index (χ2n) is 4.93. The van der Waals surface area contributed by atoms with Gasteiger partial charge in [-0.3, -0.25) is 4.18 Å². The lowest BCUT2D eigenvalue weighted by Crippen LogP contribution is -2.14. The summed E-state index contributed by atoms with van der Waals surface area (Å²) in [5, 5.41) is 0. The number of esters is 1. The topological polar surface area (TPSA) is 78.9 Å². The zero-order valence-corrected chi connectivity index (χ0v) is 13.1. The Morgan fingerprint density at radius 3 is 2.62 bits per heavy atom. The van der Waals surface area contributed by atoms with E-state index in [1.54, 1.807) is 24.3 Å². The van der Waals surface area contributed by atoms with Crippen molar-refractivity contribution in [1.29, 1.82) is 0 Å². The lowest BCUT2D eigenvalue weighted by Gasteiger charge is -2.17. The van der Waals surface area contributed by atoms with Crippen LogP contribution in [0.3, 0.4) is 0 Å².